The van der Waals surface area contributed by atoms with Crippen LogP contribution in [0.5, 0.6) is 5.75 Å². The molecule has 0 aliphatic heterocycles. The monoisotopic (exact) mass is 318 g/mol. The first kappa shape index (κ1) is 20.1. The first-order chi connectivity index (χ1) is 11.2. The summed E-state index contributed by atoms with van der Waals surface area (Å²) < 4.78 is 0. The average Bonchev–Trinajstić information content (AvgIpc) is 2.56. The molecule has 1 rings (SSSR count). The maximum Gasteiger partial charge on any atom is 0.119 e. The van der Waals surface area contributed by atoms with Gasteiger partial charge in [0.2, 0.25) is 0 Å². The van der Waals surface area contributed by atoms with Crippen LogP contribution < -0.4 is 0 Å². The van der Waals surface area contributed by atoms with Gasteiger partial charge in [-0.3, -0.25) is 0 Å². The Morgan fingerprint density at radius 2 is 1.22 bits per heavy atom. The largest absolute Gasteiger partial charge is 0.508 e. The van der Waals surface area contributed by atoms with Gasteiger partial charge in [-0.25, -0.2) is 0 Å². The second-order valence-corrected chi connectivity index (χ2v) is 6.88. The summed E-state index contributed by atoms with van der Waals surface area (Å²) >= 11 is 0. The summed E-state index contributed by atoms with van der Waals surface area (Å²) in [6.45, 7) is 6.70. The predicted molar refractivity (Wildman–Crippen MR) is 102 cm³/mol. The summed E-state index contributed by atoms with van der Waals surface area (Å²) in [5.41, 5.74) is 4.15. The van der Waals surface area contributed by atoms with Gasteiger partial charge in [-0.1, -0.05) is 78.2 Å². The van der Waals surface area contributed by atoms with Crippen LogP contribution in [-0.2, 0) is 19.3 Å². The van der Waals surface area contributed by atoms with E-state index in [-0.39, 0.29) is 0 Å². The van der Waals surface area contributed by atoms with Gasteiger partial charge in [0, 0.05) is 0 Å². The predicted octanol–water partition coefficient (Wildman–Crippen LogP) is 6.98. The van der Waals surface area contributed by atoms with Gasteiger partial charge in [-0.15, -0.1) is 0 Å². The van der Waals surface area contributed by atoms with Crippen LogP contribution in [0.15, 0.2) is 12.1 Å². The number of hydrogen-bond acceptors (Lipinski definition) is 1. The second kappa shape index (κ2) is 12.4. The molecular weight excluding hydrogens is 280 g/mol. The van der Waals surface area contributed by atoms with Gasteiger partial charge in [0.15, 0.2) is 0 Å². The summed E-state index contributed by atoms with van der Waals surface area (Å²) in [5, 5.41) is 10.2. The Hall–Kier alpha value is -0.980. The van der Waals surface area contributed by atoms with Crippen LogP contribution in [0.1, 0.15) is 102 Å². The molecule has 0 heterocycles. The van der Waals surface area contributed by atoms with Crippen molar-refractivity contribution in [2.75, 3.05) is 0 Å². The summed E-state index contributed by atoms with van der Waals surface area (Å²) in [5.74, 6) is 0.505. The molecule has 1 nitrogen and oxygen atoms in total. The Bertz CT molecular complexity index is 422. The molecule has 0 aromatic heterocycles. The number of phenols is 1. The summed E-state index contributed by atoms with van der Waals surface area (Å²) in [6.07, 6.45) is 16.5. The minimum absolute atomic E-state index is 0.505. The molecule has 0 amide bonds. The third-order valence-corrected chi connectivity index (χ3v) is 4.94. The van der Waals surface area contributed by atoms with Gasteiger partial charge in [0.25, 0.3) is 0 Å². The third-order valence-electron chi connectivity index (χ3n) is 4.94. The Balaban J connectivity index is 2.63. The molecule has 0 saturated carbocycles. The van der Waals surface area contributed by atoms with E-state index in [9.17, 15) is 5.11 Å². The molecule has 0 fully saturated rings. The van der Waals surface area contributed by atoms with E-state index in [1.165, 1.54) is 87.3 Å². The van der Waals surface area contributed by atoms with E-state index in [0.29, 0.717) is 5.75 Å². The lowest BCUT2D eigenvalue weighted by atomic mass is 9.91. The van der Waals surface area contributed by atoms with Crippen LogP contribution in [0.25, 0.3) is 0 Å². The Morgan fingerprint density at radius 3 is 1.78 bits per heavy atom. The summed E-state index contributed by atoms with van der Waals surface area (Å²) in [4.78, 5) is 0. The minimum Gasteiger partial charge on any atom is -0.508 e. The molecular formula is C22H38O. The highest BCUT2D eigenvalue weighted by atomic mass is 16.3. The topological polar surface area (TPSA) is 20.2 Å². The van der Waals surface area contributed by atoms with E-state index in [1.807, 2.05) is 6.07 Å². The number of aryl methyl sites for hydroxylation is 1. The zero-order chi connectivity index (χ0) is 16.9. The quantitative estimate of drug-likeness (QED) is 0.389. The highest BCUT2D eigenvalue weighted by Crippen LogP contribution is 2.28. The number of hydrogen-bond donors (Lipinski definition) is 1. The van der Waals surface area contributed by atoms with Gasteiger partial charge in [0.05, 0.1) is 0 Å². The molecule has 1 aromatic rings. The second-order valence-electron chi connectivity index (χ2n) is 6.88. The van der Waals surface area contributed by atoms with Crippen molar-refractivity contribution in [2.45, 2.75) is 104 Å². The lowest BCUT2D eigenvalue weighted by Crippen LogP contribution is -2.01. The third kappa shape index (κ3) is 7.42. The highest BCUT2D eigenvalue weighted by molar-refractivity contribution is 5.44. The maximum atomic E-state index is 10.2. The van der Waals surface area contributed by atoms with E-state index in [1.54, 1.807) is 0 Å². The number of phenolic OH excluding ortho intramolecular Hbond substituents is 1. The van der Waals surface area contributed by atoms with Crippen molar-refractivity contribution in [1.29, 1.82) is 0 Å². The molecule has 0 aliphatic carbocycles. The SMILES string of the molecule is CCCCCCCc1ccc(O)c(CC)c1CCCCCCC. The Morgan fingerprint density at radius 1 is 0.652 bits per heavy atom. The number of unbranched alkanes of at least 4 members (excludes halogenated alkanes) is 8. The van der Waals surface area contributed by atoms with Crippen LogP contribution in [-0.4, -0.2) is 5.11 Å². The Kier molecular flexibility index (Phi) is 10.9. The molecule has 0 saturated heterocycles. The smallest absolute Gasteiger partial charge is 0.119 e. The number of aromatic hydroxyl groups is 1. The van der Waals surface area contributed by atoms with Crippen molar-refractivity contribution in [3.05, 3.63) is 28.8 Å². The van der Waals surface area contributed by atoms with Crippen molar-refractivity contribution in [3.63, 3.8) is 0 Å². The molecule has 1 N–H and O–H groups in total. The normalized spacial score (nSPS) is 11.1. The van der Waals surface area contributed by atoms with Gasteiger partial charge < -0.3 is 5.11 Å². The first-order valence-electron chi connectivity index (χ1n) is 10.1. The molecule has 0 atom stereocenters. The summed E-state index contributed by atoms with van der Waals surface area (Å²) in [7, 11) is 0. The van der Waals surface area contributed by atoms with Crippen molar-refractivity contribution in [1.82, 2.24) is 0 Å². The first-order valence-corrected chi connectivity index (χ1v) is 10.1. The minimum atomic E-state index is 0.505. The molecule has 0 spiro atoms. The number of benzene rings is 1. The van der Waals surface area contributed by atoms with Crippen molar-refractivity contribution in [3.8, 4) is 5.75 Å². The van der Waals surface area contributed by atoms with Crippen LogP contribution in [0.3, 0.4) is 0 Å². The van der Waals surface area contributed by atoms with E-state index < -0.39 is 0 Å². The fourth-order valence-electron chi connectivity index (χ4n) is 3.49. The lowest BCUT2D eigenvalue weighted by molar-refractivity contribution is 0.466. The maximum absolute atomic E-state index is 10.2. The van der Waals surface area contributed by atoms with Gasteiger partial charge >= 0.3 is 0 Å². The van der Waals surface area contributed by atoms with Crippen molar-refractivity contribution < 1.29 is 5.11 Å². The highest BCUT2D eigenvalue weighted by Gasteiger charge is 2.11. The van der Waals surface area contributed by atoms with Crippen molar-refractivity contribution in [2.24, 2.45) is 0 Å². The van der Waals surface area contributed by atoms with Crippen molar-refractivity contribution >= 4 is 0 Å². The molecule has 1 aromatic carbocycles. The molecule has 0 unspecified atom stereocenters. The molecule has 0 bridgehead atoms. The molecule has 23 heavy (non-hydrogen) atoms. The fourth-order valence-corrected chi connectivity index (χ4v) is 3.49. The molecule has 132 valence electrons. The average molecular weight is 319 g/mol. The zero-order valence-electron chi connectivity index (χ0n) is 15.8. The van der Waals surface area contributed by atoms with Crippen LogP contribution in [0, 0.1) is 0 Å². The Labute approximate surface area is 144 Å². The zero-order valence-corrected chi connectivity index (χ0v) is 15.8. The lowest BCUT2D eigenvalue weighted by Gasteiger charge is -2.16. The molecule has 0 radical (unpaired) electrons. The summed E-state index contributed by atoms with van der Waals surface area (Å²) in [6, 6.07) is 4.09. The van der Waals surface area contributed by atoms with E-state index >= 15 is 0 Å². The molecule has 0 aliphatic rings. The van der Waals surface area contributed by atoms with Crippen LogP contribution in [0.4, 0.5) is 0 Å². The van der Waals surface area contributed by atoms with E-state index in [2.05, 4.69) is 26.8 Å². The van der Waals surface area contributed by atoms with Gasteiger partial charge in [-0.05, 0) is 54.9 Å². The van der Waals surface area contributed by atoms with Crippen LogP contribution >= 0.6 is 0 Å². The standard InChI is InChI=1S/C22H38O/c1-4-7-9-11-13-15-19-17-18-22(23)20(6-3)21(19)16-14-12-10-8-5-2/h17-18,23H,4-16H2,1-3H3. The van der Waals surface area contributed by atoms with E-state index in [0.717, 1.165) is 12.8 Å². The van der Waals surface area contributed by atoms with Crippen LogP contribution in [0.2, 0.25) is 0 Å². The van der Waals surface area contributed by atoms with Gasteiger partial charge in [0.1, 0.15) is 5.75 Å². The van der Waals surface area contributed by atoms with Gasteiger partial charge in [-0.2, -0.15) is 0 Å². The molecule has 1 heteroatoms. The fraction of sp³-hybridized carbons (Fsp3) is 0.727. The van der Waals surface area contributed by atoms with E-state index in [4.69, 9.17) is 0 Å². The number of rotatable bonds is 13.